The van der Waals surface area contributed by atoms with Crippen LogP contribution in [0, 0.1) is 5.92 Å². The summed E-state index contributed by atoms with van der Waals surface area (Å²) in [6, 6.07) is 8.54. The molecule has 0 radical (unpaired) electrons. The topological polar surface area (TPSA) is 58.2 Å². The minimum Gasteiger partial charge on any atom is -0.310 e. The zero-order valence-electron chi connectivity index (χ0n) is 12.3. The Balaban J connectivity index is 1.50. The molecule has 0 bridgehead atoms. The Morgan fingerprint density at radius 3 is 2.57 bits per heavy atom. The molecular formula is C16H24N2O2S. The highest BCUT2D eigenvalue weighted by Gasteiger charge is 2.22. The molecule has 0 aromatic heterocycles. The summed E-state index contributed by atoms with van der Waals surface area (Å²) in [4.78, 5) is 0. The van der Waals surface area contributed by atoms with Crippen molar-refractivity contribution in [2.45, 2.75) is 50.4 Å². The van der Waals surface area contributed by atoms with Crippen LogP contribution >= 0.6 is 0 Å². The van der Waals surface area contributed by atoms with Crippen molar-refractivity contribution in [3.8, 4) is 0 Å². The first-order valence-electron chi connectivity index (χ1n) is 7.89. The Hall–Kier alpha value is -0.910. The number of benzene rings is 1. The number of rotatable bonds is 9. The summed E-state index contributed by atoms with van der Waals surface area (Å²) in [7, 11) is -3.21. The van der Waals surface area contributed by atoms with Crippen LogP contribution in [0.1, 0.15) is 43.2 Å². The number of nitrogens with one attached hydrogen (secondary N) is 2. The maximum atomic E-state index is 12.1. The summed E-state index contributed by atoms with van der Waals surface area (Å²) in [6.45, 7) is 1.41. The number of hydrogen-bond acceptors (Lipinski definition) is 3. The van der Waals surface area contributed by atoms with Gasteiger partial charge in [0.25, 0.3) is 0 Å². The maximum absolute atomic E-state index is 12.1. The molecule has 2 N–H and O–H groups in total. The van der Waals surface area contributed by atoms with Crippen LogP contribution in [-0.2, 0) is 22.3 Å². The van der Waals surface area contributed by atoms with E-state index in [1.807, 2.05) is 24.3 Å². The third-order valence-electron chi connectivity index (χ3n) is 4.09. The molecule has 5 heteroatoms. The summed E-state index contributed by atoms with van der Waals surface area (Å²) >= 11 is 0. The van der Waals surface area contributed by atoms with Gasteiger partial charge in [0.1, 0.15) is 0 Å². The lowest BCUT2D eigenvalue weighted by atomic mass is 10.1. The molecule has 0 heterocycles. The average molecular weight is 308 g/mol. The molecule has 3 rings (SSSR count). The second-order valence-corrected chi connectivity index (χ2v) is 8.17. The van der Waals surface area contributed by atoms with Crippen molar-refractivity contribution in [1.82, 2.24) is 10.0 Å². The molecular weight excluding hydrogens is 284 g/mol. The Morgan fingerprint density at radius 1 is 1.10 bits per heavy atom. The molecule has 0 amide bonds. The fraction of sp³-hybridized carbons (Fsp3) is 0.625. The lowest BCUT2D eigenvalue weighted by Crippen LogP contribution is -2.26. The van der Waals surface area contributed by atoms with Crippen LogP contribution in [0.15, 0.2) is 24.3 Å². The minimum absolute atomic E-state index is 0.0783. The highest BCUT2D eigenvalue weighted by molar-refractivity contribution is 7.88. The molecule has 0 unspecified atom stereocenters. The summed E-state index contributed by atoms with van der Waals surface area (Å²) in [5.74, 6) is 0.832. The zero-order valence-corrected chi connectivity index (χ0v) is 13.2. The summed E-state index contributed by atoms with van der Waals surface area (Å²) in [6.07, 6.45) is 6.03. The fourth-order valence-corrected chi connectivity index (χ4v) is 3.62. The average Bonchev–Trinajstić information content (AvgIpc) is 3.31. The first-order valence-corrected chi connectivity index (χ1v) is 9.54. The Morgan fingerprint density at radius 2 is 1.86 bits per heavy atom. The highest BCUT2D eigenvalue weighted by atomic mass is 32.2. The molecule has 2 saturated carbocycles. The van der Waals surface area contributed by atoms with Gasteiger partial charge in [0, 0.05) is 19.1 Å². The minimum atomic E-state index is -3.21. The molecule has 21 heavy (non-hydrogen) atoms. The van der Waals surface area contributed by atoms with E-state index in [-0.39, 0.29) is 5.75 Å². The molecule has 0 spiro atoms. The molecule has 1 aromatic rings. The third kappa shape index (κ3) is 5.41. The monoisotopic (exact) mass is 308 g/mol. The number of hydrogen-bond donors (Lipinski definition) is 2. The van der Waals surface area contributed by atoms with Crippen molar-refractivity contribution in [1.29, 1.82) is 0 Å². The predicted molar refractivity (Wildman–Crippen MR) is 84.3 cm³/mol. The quantitative estimate of drug-likeness (QED) is 0.735. The highest BCUT2D eigenvalue weighted by Crippen LogP contribution is 2.31. The van der Waals surface area contributed by atoms with Gasteiger partial charge in [0.2, 0.25) is 10.0 Å². The van der Waals surface area contributed by atoms with Gasteiger partial charge in [-0.2, -0.15) is 0 Å². The van der Waals surface area contributed by atoms with E-state index in [2.05, 4.69) is 10.0 Å². The van der Waals surface area contributed by atoms with E-state index in [1.54, 1.807) is 0 Å². The Labute approximate surface area is 127 Å². The van der Waals surface area contributed by atoms with Gasteiger partial charge < -0.3 is 5.32 Å². The second-order valence-electron chi connectivity index (χ2n) is 6.36. The molecule has 4 nitrogen and oxygen atoms in total. The summed E-state index contributed by atoms with van der Waals surface area (Å²) < 4.78 is 26.8. The normalized spacial score (nSPS) is 18.9. The van der Waals surface area contributed by atoms with Crippen LogP contribution in [0.25, 0.3) is 0 Å². The van der Waals surface area contributed by atoms with E-state index in [9.17, 15) is 8.42 Å². The van der Waals surface area contributed by atoms with E-state index >= 15 is 0 Å². The van der Waals surface area contributed by atoms with Gasteiger partial charge in [-0.1, -0.05) is 37.1 Å². The van der Waals surface area contributed by atoms with Crippen molar-refractivity contribution >= 4 is 10.0 Å². The fourth-order valence-electron chi connectivity index (χ4n) is 2.47. The van der Waals surface area contributed by atoms with E-state index in [0.29, 0.717) is 12.6 Å². The molecule has 0 saturated heterocycles. The van der Waals surface area contributed by atoms with Crippen LogP contribution in [0.3, 0.4) is 0 Å². The van der Waals surface area contributed by atoms with Crippen LogP contribution in [0.5, 0.6) is 0 Å². The van der Waals surface area contributed by atoms with Gasteiger partial charge in [-0.15, -0.1) is 0 Å². The molecule has 2 aliphatic rings. The van der Waals surface area contributed by atoms with Crippen molar-refractivity contribution in [3.63, 3.8) is 0 Å². The molecule has 0 aliphatic heterocycles. The smallest absolute Gasteiger partial charge is 0.215 e. The lowest BCUT2D eigenvalue weighted by molar-refractivity contribution is 0.574. The van der Waals surface area contributed by atoms with Gasteiger partial charge >= 0.3 is 0 Å². The van der Waals surface area contributed by atoms with E-state index in [4.69, 9.17) is 0 Å². The molecule has 0 atom stereocenters. The van der Waals surface area contributed by atoms with Crippen molar-refractivity contribution in [2.75, 3.05) is 6.54 Å². The summed E-state index contributed by atoms with van der Waals surface area (Å²) in [5.41, 5.74) is 2.02. The lowest BCUT2D eigenvalue weighted by Gasteiger charge is -2.08. The van der Waals surface area contributed by atoms with Gasteiger partial charge in [-0.25, -0.2) is 13.1 Å². The third-order valence-corrected chi connectivity index (χ3v) is 5.45. The SMILES string of the molecule is O=S(=O)(Cc1cccc(CNC2CC2)c1)NCCC1CC1. The van der Waals surface area contributed by atoms with E-state index in [0.717, 1.165) is 30.0 Å². The van der Waals surface area contributed by atoms with Crippen LogP contribution in [0.4, 0.5) is 0 Å². The van der Waals surface area contributed by atoms with Crippen LogP contribution in [0.2, 0.25) is 0 Å². The Bertz CT molecular complexity index is 578. The standard InChI is InChI=1S/C16H24N2O2S/c19-21(20,18-9-8-13-4-5-13)12-15-3-1-2-14(10-15)11-17-16-6-7-16/h1-3,10,13,16-18H,4-9,11-12H2. The van der Waals surface area contributed by atoms with Gasteiger partial charge in [0.15, 0.2) is 0 Å². The van der Waals surface area contributed by atoms with Crippen molar-refractivity contribution < 1.29 is 8.42 Å². The van der Waals surface area contributed by atoms with Gasteiger partial charge in [0.05, 0.1) is 5.75 Å². The maximum Gasteiger partial charge on any atom is 0.215 e. The van der Waals surface area contributed by atoms with E-state index < -0.39 is 10.0 Å². The van der Waals surface area contributed by atoms with Crippen molar-refractivity contribution in [2.24, 2.45) is 5.92 Å². The molecule has 2 fully saturated rings. The summed E-state index contributed by atoms with van der Waals surface area (Å²) in [5, 5.41) is 3.45. The Kier molecular flexibility index (Phi) is 4.62. The van der Waals surface area contributed by atoms with E-state index in [1.165, 1.54) is 25.7 Å². The molecule has 2 aliphatic carbocycles. The first-order chi connectivity index (χ1) is 10.1. The predicted octanol–water partition coefficient (Wildman–Crippen LogP) is 2.16. The van der Waals surface area contributed by atoms with Crippen molar-refractivity contribution in [3.05, 3.63) is 35.4 Å². The van der Waals surface area contributed by atoms with Gasteiger partial charge in [-0.05, 0) is 36.3 Å². The first kappa shape index (κ1) is 15.0. The van der Waals surface area contributed by atoms with Gasteiger partial charge in [-0.3, -0.25) is 0 Å². The largest absolute Gasteiger partial charge is 0.310 e. The molecule has 1 aromatic carbocycles. The number of sulfonamides is 1. The second kappa shape index (κ2) is 6.46. The molecule has 116 valence electrons. The van der Waals surface area contributed by atoms with Crippen LogP contribution < -0.4 is 10.0 Å². The zero-order chi connectivity index (χ0) is 14.7. The van der Waals surface area contributed by atoms with Crippen LogP contribution in [-0.4, -0.2) is 21.0 Å².